The van der Waals surface area contributed by atoms with Gasteiger partial charge >= 0.3 is 11.9 Å². The van der Waals surface area contributed by atoms with Gasteiger partial charge in [-0.3, -0.25) is 14.4 Å². The number of Topliss-reactive ketones (excluding diaryl/α,β-unsaturated/α-hetero) is 1. The van der Waals surface area contributed by atoms with E-state index in [1.54, 1.807) is 18.2 Å². The molecule has 0 saturated heterocycles. The molecule has 0 aromatic heterocycles. The zero-order valence-electron chi connectivity index (χ0n) is 11.0. The maximum absolute atomic E-state index is 12.4. The standard InChI is InChI=1S/C14H14O6/c1-19-13(17)9-10(14(18)20-2)12(16)8-6-4-3-5-7(8)11(9)15/h3-6,9-11,15H,1-2H3. The van der Waals surface area contributed by atoms with E-state index in [-0.39, 0.29) is 5.56 Å². The number of ether oxygens (including phenoxy) is 2. The number of benzene rings is 1. The highest BCUT2D eigenvalue weighted by Gasteiger charge is 2.50. The summed E-state index contributed by atoms with van der Waals surface area (Å²) in [5.74, 6) is -4.92. The summed E-state index contributed by atoms with van der Waals surface area (Å²) < 4.78 is 9.16. The molecule has 6 heteroatoms. The van der Waals surface area contributed by atoms with Crippen molar-refractivity contribution in [1.29, 1.82) is 0 Å². The van der Waals surface area contributed by atoms with Crippen LogP contribution in [-0.4, -0.2) is 37.0 Å². The number of rotatable bonds is 2. The van der Waals surface area contributed by atoms with Gasteiger partial charge < -0.3 is 14.6 Å². The SMILES string of the molecule is COC(=O)C1C(=O)c2ccccc2C(O)C1C(=O)OC. The molecule has 0 fully saturated rings. The minimum absolute atomic E-state index is 0.218. The highest BCUT2D eigenvalue weighted by atomic mass is 16.5. The van der Waals surface area contributed by atoms with Crippen molar-refractivity contribution in [2.45, 2.75) is 6.10 Å². The van der Waals surface area contributed by atoms with E-state index < -0.39 is 35.7 Å². The van der Waals surface area contributed by atoms with Crippen molar-refractivity contribution in [3.63, 3.8) is 0 Å². The van der Waals surface area contributed by atoms with Gasteiger partial charge in [-0.25, -0.2) is 0 Å². The number of hydrogen-bond acceptors (Lipinski definition) is 6. The summed E-state index contributed by atoms with van der Waals surface area (Å²) in [6.45, 7) is 0. The Balaban J connectivity index is 2.58. The molecular formula is C14H14O6. The number of aliphatic hydroxyl groups excluding tert-OH is 1. The van der Waals surface area contributed by atoms with Crippen molar-refractivity contribution >= 4 is 17.7 Å². The minimum atomic E-state index is -1.39. The molecule has 0 heterocycles. The second-order valence-electron chi connectivity index (χ2n) is 4.45. The average Bonchev–Trinajstić information content (AvgIpc) is 2.49. The lowest BCUT2D eigenvalue weighted by atomic mass is 9.73. The third-order valence-electron chi connectivity index (χ3n) is 3.46. The summed E-state index contributed by atoms with van der Waals surface area (Å²) in [4.78, 5) is 36.0. The van der Waals surface area contributed by atoms with Gasteiger partial charge in [-0.1, -0.05) is 24.3 Å². The summed E-state index contributed by atoms with van der Waals surface area (Å²) in [5, 5.41) is 10.3. The van der Waals surface area contributed by atoms with E-state index in [1.165, 1.54) is 6.07 Å². The van der Waals surface area contributed by atoms with Crippen LogP contribution in [0.3, 0.4) is 0 Å². The summed E-state index contributed by atoms with van der Waals surface area (Å²) in [5.41, 5.74) is 0.531. The van der Waals surface area contributed by atoms with Crippen LogP contribution in [0, 0.1) is 11.8 Å². The van der Waals surface area contributed by atoms with Crippen LogP contribution in [0.25, 0.3) is 0 Å². The Morgan fingerprint density at radius 3 is 2.30 bits per heavy atom. The maximum Gasteiger partial charge on any atom is 0.317 e. The van der Waals surface area contributed by atoms with Gasteiger partial charge in [-0.05, 0) is 5.56 Å². The van der Waals surface area contributed by atoms with Crippen LogP contribution in [0.5, 0.6) is 0 Å². The van der Waals surface area contributed by atoms with E-state index in [0.717, 1.165) is 14.2 Å². The van der Waals surface area contributed by atoms with Crippen LogP contribution in [0.4, 0.5) is 0 Å². The van der Waals surface area contributed by atoms with Gasteiger partial charge in [0.05, 0.1) is 20.3 Å². The second-order valence-corrected chi connectivity index (χ2v) is 4.45. The van der Waals surface area contributed by atoms with E-state index in [4.69, 9.17) is 0 Å². The van der Waals surface area contributed by atoms with Crippen molar-refractivity contribution in [3.05, 3.63) is 35.4 Å². The van der Waals surface area contributed by atoms with Crippen molar-refractivity contribution in [3.8, 4) is 0 Å². The molecule has 6 nitrogen and oxygen atoms in total. The summed E-state index contributed by atoms with van der Waals surface area (Å²) in [7, 11) is 2.26. The lowest BCUT2D eigenvalue weighted by Crippen LogP contribution is -2.44. The Hall–Kier alpha value is -2.21. The Bertz CT molecular complexity index is 565. The molecule has 3 unspecified atom stereocenters. The maximum atomic E-state index is 12.4. The van der Waals surface area contributed by atoms with E-state index in [0.29, 0.717) is 5.56 Å². The fourth-order valence-corrected chi connectivity index (χ4v) is 2.47. The van der Waals surface area contributed by atoms with Gasteiger partial charge in [0.1, 0.15) is 11.8 Å². The van der Waals surface area contributed by atoms with Crippen molar-refractivity contribution in [1.82, 2.24) is 0 Å². The van der Waals surface area contributed by atoms with Gasteiger partial charge in [-0.15, -0.1) is 0 Å². The Morgan fingerprint density at radius 2 is 1.70 bits per heavy atom. The number of methoxy groups -OCH3 is 2. The highest BCUT2D eigenvalue weighted by Crippen LogP contribution is 2.39. The summed E-state index contributed by atoms with van der Waals surface area (Å²) >= 11 is 0. The number of aliphatic hydroxyl groups is 1. The van der Waals surface area contributed by atoms with Crippen LogP contribution in [0.2, 0.25) is 0 Å². The molecule has 3 atom stereocenters. The molecule has 0 radical (unpaired) electrons. The van der Waals surface area contributed by atoms with Crippen LogP contribution in [0.1, 0.15) is 22.0 Å². The number of ketones is 1. The first-order valence-electron chi connectivity index (χ1n) is 5.99. The Kier molecular flexibility index (Phi) is 3.85. The van der Waals surface area contributed by atoms with Crippen molar-refractivity contribution in [2.75, 3.05) is 14.2 Å². The molecule has 1 N–H and O–H groups in total. The molecule has 106 valence electrons. The first kappa shape index (κ1) is 14.2. The largest absolute Gasteiger partial charge is 0.469 e. The molecule has 2 rings (SSSR count). The molecule has 0 saturated carbocycles. The zero-order valence-corrected chi connectivity index (χ0v) is 11.0. The molecule has 0 bridgehead atoms. The number of esters is 2. The number of carbonyl (C=O) groups is 3. The first-order valence-corrected chi connectivity index (χ1v) is 5.99. The summed E-state index contributed by atoms with van der Waals surface area (Å²) in [6.07, 6.45) is -1.29. The van der Waals surface area contributed by atoms with Gasteiger partial charge in [-0.2, -0.15) is 0 Å². The van der Waals surface area contributed by atoms with Crippen LogP contribution in [0.15, 0.2) is 24.3 Å². The van der Waals surface area contributed by atoms with Gasteiger partial charge in [0.15, 0.2) is 5.78 Å². The minimum Gasteiger partial charge on any atom is -0.469 e. The molecular weight excluding hydrogens is 264 g/mol. The number of fused-ring (bicyclic) bond motifs is 1. The highest BCUT2D eigenvalue weighted by molar-refractivity contribution is 6.13. The molecule has 0 amide bonds. The van der Waals surface area contributed by atoms with Crippen LogP contribution in [-0.2, 0) is 19.1 Å². The topological polar surface area (TPSA) is 89.9 Å². The lowest BCUT2D eigenvalue weighted by molar-refractivity contribution is -0.161. The fraction of sp³-hybridized carbons (Fsp3) is 0.357. The zero-order chi connectivity index (χ0) is 14.9. The molecule has 20 heavy (non-hydrogen) atoms. The quantitative estimate of drug-likeness (QED) is 0.625. The fourth-order valence-electron chi connectivity index (χ4n) is 2.47. The molecule has 1 aromatic carbocycles. The van der Waals surface area contributed by atoms with Crippen molar-refractivity contribution in [2.24, 2.45) is 11.8 Å². The summed E-state index contributed by atoms with van der Waals surface area (Å²) in [6, 6.07) is 6.31. The molecule has 1 aromatic rings. The monoisotopic (exact) mass is 278 g/mol. The van der Waals surface area contributed by atoms with E-state index in [2.05, 4.69) is 9.47 Å². The predicted octanol–water partition coefficient (Wildman–Crippen LogP) is 0.495. The smallest absolute Gasteiger partial charge is 0.317 e. The van der Waals surface area contributed by atoms with Crippen LogP contribution >= 0.6 is 0 Å². The van der Waals surface area contributed by atoms with Crippen LogP contribution < -0.4 is 0 Å². The molecule has 1 aliphatic rings. The Labute approximate surface area is 115 Å². The predicted molar refractivity (Wildman–Crippen MR) is 66.7 cm³/mol. The number of carbonyl (C=O) groups excluding carboxylic acids is 3. The Morgan fingerprint density at radius 1 is 1.10 bits per heavy atom. The number of hydrogen-bond donors (Lipinski definition) is 1. The average molecular weight is 278 g/mol. The third kappa shape index (κ3) is 2.08. The van der Waals surface area contributed by atoms with Crippen molar-refractivity contribution < 1.29 is 29.0 Å². The first-order chi connectivity index (χ1) is 9.52. The molecule has 0 aliphatic heterocycles. The van der Waals surface area contributed by atoms with Gasteiger partial charge in [0.2, 0.25) is 0 Å². The van der Waals surface area contributed by atoms with E-state index in [1.807, 2.05) is 0 Å². The molecule has 1 aliphatic carbocycles. The van der Waals surface area contributed by atoms with Gasteiger partial charge in [0.25, 0.3) is 0 Å². The van der Waals surface area contributed by atoms with Gasteiger partial charge in [0, 0.05) is 5.56 Å². The normalized spacial score (nSPS) is 24.8. The third-order valence-corrected chi connectivity index (χ3v) is 3.46. The lowest BCUT2D eigenvalue weighted by Gasteiger charge is -2.32. The second kappa shape index (κ2) is 5.42. The molecule has 0 spiro atoms. The van der Waals surface area contributed by atoms with E-state index in [9.17, 15) is 19.5 Å². The van der Waals surface area contributed by atoms with E-state index >= 15 is 0 Å².